The highest BCUT2D eigenvalue weighted by Gasteiger charge is 2.16. The maximum absolute atomic E-state index is 5.68. The SMILES string of the molecule is Cc1ncc(CN)n1CC1CCOCC1. The van der Waals surface area contributed by atoms with Crippen LogP contribution in [0.4, 0.5) is 0 Å². The van der Waals surface area contributed by atoms with Crippen LogP contribution in [0.15, 0.2) is 6.20 Å². The third kappa shape index (κ3) is 2.38. The Kier molecular flexibility index (Phi) is 3.38. The molecule has 0 saturated carbocycles. The smallest absolute Gasteiger partial charge is 0.105 e. The molecular weight excluding hydrogens is 190 g/mol. The van der Waals surface area contributed by atoms with E-state index in [0.29, 0.717) is 6.54 Å². The fraction of sp³-hybridized carbons (Fsp3) is 0.727. The molecule has 0 aromatic carbocycles. The number of hydrogen-bond acceptors (Lipinski definition) is 3. The second kappa shape index (κ2) is 4.77. The molecule has 0 atom stereocenters. The van der Waals surface area contributed by atoms with Crippen LogP contribution in [0.5, 0.6) is 0 Å². The zero-order chi connectivity index (χ0) is 10.7. The van der Waals surface area contributed by atoms with Crippen molar-refractivity contribution < 1.29 is 4.74 Å². The van der Waals surface area contributed by atoms with Crippen molar-refractivity contribution >= 4 is 0 Å². The molecule has 1 fully saturated rings. The van der Waals surface area contributed by atoms with Crippen LogP contribution in [0.2, 0.25) is 0 Å². The molecule has 1 aliphatic heterocycles. The normalized spacial score (nSPS) is 18.3. The Morgan fingerprint density at radius 1 is 1.53 bits per heavy atom. The summed E-state index contributed by atoms with van der Waals surface area (Å²) in [6, 6.07) is 0. The lowest BCUT2D eigenvalue weighted by Gasteiger charge is -2.23. The van der Waals surface area contributed by atoms with E-state index in [1.165, 1.54) is 0 Å². The van der Waals surface area contributed by atoms with Gasteiger partial charge in [-0.05, 0) is 25.7 Å². The van der Waals surface area contributed by atoms with Gasteiger partial charge in [0.1, 0.15) is 5.82 Å². The molecule has 0 bridgehead atoms. The minimum absolute atomic E-state index is 0.573. The quantitative estimate of drug-likeness (QED) is 0.810. The molecular formula is C11H19N3O. The van der Waals surface area contributed by atoms with Crippen molar-refractivity contribution in [1.82, 2.24) is 9.55 Å². The zero-order valence-corrected chi connectivity index (χ0v) is 9.28. The highest BCUT2D eigenvalue weighted by atomic mass is 16.5. The van der Waals surface area contributed by atoms with E-state index in [1.54, 1.807) is 0 Å². The van der Waals surface area contributed by atoms with Crippen molar-refractivity contribution in [3.63, 3.8) is 0 Å². The molecule has 84 valence electrons. The molecule has 2 rings (SSSR count). The number of aryl methyl sites for hydroxylation is 1. The Bertz CT molecular complexity index is 316. The van der Waals surface area contributed by atoms with Crippen LogP contribution in [0.1, 0.15) is 24.4 Å². The molecule has 4 heteroatoms. The number of rotatable bonds is 3. The monoisotopic (exact) mass is 209 g/mol. The van der Waals surface area contributed by atoms with Crippen LogP contribution in [-0.4, -0.2) is 22.8 Å². The van der Waals surface area contributed by atoms with Gasteiger partial charge in [-0.2, -0.15) is 0 Å². The summed E-state index contributed by atoms with van der Waals surface area (Å²) in [4.78, 5) is 4.30. The first-order valence-corrected chi connectivity index (χ1v) is 5.60. The summed E-state index contributed by atoms with van der Waals surface area (Å²) in [6.45, 7) is 5.46. The zero-order valence-electron chi connectivity index (χ0n) is 9.28. The minimum atomic E-state index is 0.573. The largest absolute Gasteiger partial charge is 0.381 e. The molecule has 0 unspecified atom stereocenters. The van der Waals surface area contributed by atoms with Gasteiger partial charge in [0.05, 0.1) is 5.69 Å². The lowest BCUT2D eigenvalue weighted by Crippen LogP contribution is -2.22. The van der Waals surface area contributed by atoms with E-state index in [1.807, 2.05) is 13.1 Å². The first-order valence-electron chi connectivity index (χ1n) is 5.60. The van der Waals surface area contributed by atoms with E-state index >= 15 is 0 Å². The molecule has 0 aliphatic carbocycles. The molecule has 2 heterocycles. The lowest BCUT2D eigenvalue weighted by atomic mass is 10.0. The summed E-state index contributed by atoms with van der Waals surface area (Å²) in [6.07, 6.45) is 4.19. The Hall–Kier alpha value is -0.870. The van der Waals surface area contributed by atoms with Crippen molar-refractivity contribution in [1.29, 1.82) is 0 Å². The van der Waals surface area contributed by atoms with E-state index in [0.717, 1.165) is 50.0 Å². The molecule has 0 amide bonds. The number of nitrogens with two attached hydrogens (primary N) is 1. The van der Waals surface area contributed by atoms with Crippen molar-refractivity contribution in [3.8, 4) is 0 Å². The molecule has 15 heavy (non-hydrogen) atoms. The first kappa shape index (κ1) is 10.6. The van der Waals surface area contributed by atoms with Crippen LogP contribution in [-0.2, 0) is 17.8 Å². The minimum Gasteiger partial charge on any atom is -0.381 e. The van der Waals surface area contributed by atoms with E-state index in [-0.39, 0.29) is 0 Å². The topological polar surface area (TPSA) is 53.1 Å². The third-order valence-corrected chi connectivity index (χ3v) is 3.13. The summed E-state index contributed by atoms with van der Waals surface area (Å²) in [5.74, 6) is 1.79. The number of ether oxygens (including phenoxy) is 1. The van der Waals surface area contributed by atoms with Gasteiger partial charge in [0, 0.05) is 32.5 Å². The highest BCUT2D eigenvalue weighted by Crippen LogP contribution is 2.18. The molecule has 0 radical (unpaired) electrons. The van der Waals surface area contributed by atoms with Gasteiger partial charge in [0.15, 0.2) is 0 Å². The van der Waals surface area contributed by atoms with E-state index in [9.17, 15) is 0 Å². The molecule has 1 aliphatic rings. The van der Waals surface area contributed by atoms with Crippen molar-refractivity contribution in [2.75, 3.05) is 13.2 Å². The van der Waals surface area contributed by atoms with Crippen LogP contribution in [0, 0.1) is 12.8 Å². The predicted molar refractivity (Wildman–Crippen MR) is 58.4 cm³/mol. The molecule has 1 aromatic rings. The number of hydrogen-bond donors (Lipinski definition) is 1. The van der Waals surface area contributed by atoms with Gasteiger partial charge < -0.3 is 15.0 Å². The van der Waals surface area contributed by atoms with Crippen LogP contribution >= 0.6 is 0 Å². The number of nitrogens with zero attached hydrogens (tertiary/aromatic N) is 2. The Balaban J connectivity index is 2.04. The summed E-state index contributed by atoms with van der Waals surface area (Å²) in [5, 5.41) is 0. The Morgan fingerprint density at radius 2 is 2.27 bits per heavy atom. The fourth-order valence-electron chi connectivity index (χ4n) is 2.11. The van der Waals surface area contributed by atoms with E-state index < -0.39 is 0 Å². The average molecular weight is 209 g/mol. The van der Waals surface area contributed by atoms with Gasteiger partial charge in [-0.15, -0.1) is 0 Å². The van der Waals surface area contributed by atoms with Crippen LogP contribution in [0.25, 0.3) is 0 Å². The number of aromatic nitrogens is 2. The standard InChI is InChI=1S/C11H19N3O/c1-9-13-7-11(6-12)14(9)8-10-2-4-15-5-3-10/h7,10H,2-6,8,12H2,1H3. The maximum atomic E-state index is 5.68. The van der Waals surface area contributed by atoms with E-state index in [2.05, 4.69) is 9.55 Å². The molecule has 0 spiro atoms. The first-order chi connectivity index (χ1) is 7.31. The Morgan fingerprint density at radius 3 is 2.93 bits per heavy atom. The molecule has 1 saturated heterocycles. The van der Waals surface area contributed by atoms with Crippen LogP contribution < -0.4 is 5.73 Å². The average Bonchev–Trinajstić information content (AvgIpc) is 2.62. The summed E-state index contributed by atoms with van der Waals surface area (Å²) in [7, 11) is 0. The van der Waals surface area contributed by atoms with Gasteiger partial charge >= 0.3 is 0 Å². The van der Waals surface area contributed by atoms with Gasteiger partial charge in [-0.3, -0.25) is 0 Å². The second-order valence-electron chi connectivity index (χ2n) is 4.17. The lowest BCUT2D eigenvalue weighted by molar-refractivity contribution is 0.0608. The Labute approximate surface area is 90.4 Å². The second-order valence-corrected chi connectivity index (χ2v) is 4.17. The molecule has 2 N–H and O–H groups in total. The van der Waals surface area contributed by atoms with Crippen molar-refractivity contribution in [2.45, 2.75) is 32.9 Å². The third-order valence-electron chi connectivity index (χ3n) is 3.13. The van der Waals surface area contributed by atoms with Crippen molar-refractivity contribution in [3.05, 3.63) is 17.7 Å². The van der Waals surface area contributed by atoms with Crippen molar-refractivity contribution in [2.24, 2.45) is 11.7 Å². The molecule has 4 nitrogen and oxygen atoms in total. The van der Waals surface area contributed by atoms with Gasteiger partial charge in [-0.25, -0.2) is 4.98 Å². The van der Waals surface area contributed by atoms with Gasteiger partial charge in [0.25, 0.3) is 0 Å². The van der Waals surface area contributed by atoms with Crippen LogP contribution in [0.3, 0.4) is 0 Å². The molecule has 1 aromatic heterocycles. The number of imidazole rings is 1. The van der Waals surface area contributed by atoms with E-state index in [4.69, 9.17) is 10.5 Å². The maximum Gasteiger partial charge on any atom is 0.105 e. The van der Waals surface area contributed by atoms with Gasteiger partial charge in [0.2, 0.25) is 0 Å². The summed E-state index contributed by atoms with van der Waals surface area (Å²) in [5.41, 5.74) is 6.82. The predicted octanol–water partition coefficient (Wildman–Crippen LogP) is 1.08. The summed E-state index contributed by atoms with van der Waals surface area (Å²) >= 11 is 0. The highest BCUT2D eigenvalue weighted by molar-refractivity contribution is 5.04. The summed E-state index contributed by atoms with van der Waals surface area (Å²) < 4.78 is 7.60. The fourth-order valence-corrected chi connectivity index (χ4v) is 2.11. The van der Waals surface area contributed by atoms with Gasteiger partial charge in [-0.1, -0.05) is 0 Å².